The molecule has 0 radical (unpaired) electrons. The highest BCUT2D eigenvalue weighted by atomic mass is 35.7. The Balaban J connectivity index is 2.41. The van der Waals surface area contributed by atoms with Gasteiger partial charge in [0, 0.05) is 0 Å². The summed E-state index contributed by atoms with van der Waals surface area (Å²) < 4.78 is 5.35. The van der Waals surface area contributed by atoms with E-state index in [1.807, 2.05) is 30.3 Å². The Hall–Kier alpha value is -0.630. The standard InChI is InChI=1S/C9H11ClNO2P/c1-8(7-12)11-14(10)13-9-5-3-2-4-6-9/h2-8,11H,1H3/t8?,14-/m0/s1. The molecule has 0 saturated carbocycles. The summed E-state index contributed by atoms with van der Waals surface area (Å²) in [6.07, 6.45) is 0.784. The van der Waals surface area contributed by atoms with Crippen LogP contribution < -0.4 is 9.61 Å². The number of carbonyl (C=O) groups excluding carboxylic acids is 1. The SMILES string of the molecule is CC(C=O)N[P@](Cl)Oc1ccccc1. The smallest absolute Gasteiger partial charge is 0.264 e. The molecule has 0 aliphatic heterocycles. The number of hydrogen-bond acceptors (Lipinski definition) is 3. The lowest BCUT2D eigenvalue weighted by molar-refractivity contribution is -0.108. The Morgan fingerprint density at radius 2 is 2.14 bits per heavy atom. The second-order valence-electron chi connectivity index (χ2n) is 2.70. The first kappa shape index (κ1) is 11.4. The molecule has 14 heavy (non-hydrogen) atoms. The van der Waals surface area contributed by atoms with Crippen LogP contribution in [0.15, 0.2) is 30.3 Å². The van der Waals surface area contributed by atoms with Crippen molar-refractivity contribution in [3.8, 4) is 5.75 Å². The molecule has 1 N–H and O–H groups in total. The summed E-state index contributed by atoms with van der Waals surface area (Å²) in [7, 11) is -1.31. The molecule has 0 spiro atoms. The van der Waals surface area contributed by atoms with Gasteiger partial charge in [0.2, 0.25) is 0 Å². The fourth-order valence-electron chi connectivity index (χ4n) is 0.791. The molecule has 0 amide bonds. The van der Waals surface area contributed by atoms with Crippen LogP contribution in [0.25, 0.3) is 0 Å². The number of nitrogens with one attached hydrogen (secondary N) is 1. The van der Waals surface area contributed by atoms with Gasteiger partial charge in [0.15, 0.2) is 0 Å². The van der Waals surface area contributed by atoms with Crippen LogP contribution in [0.4, 0.5) is 0 Å². The van der Waals surface area contributed by atoms with Crippen LogP contribution in [0.3, 0.4) is 0 Å². The molecule has 1 aromatic carbocycles. The van der Waals surface area contributed by atoms with Crippen LogP contribution >= 0.6 is 18.9 Å². The van der Waals surface area contributed by atoms with Gasteiger partial charge in [-0.2, -0.15) is 0 Å². The van der Waals surface area contributed by atoms with Gasteiger partial charge in [-0.1, -0.05) is 18.2 Å². The predicted octanol–water partition coefficient (Wildman–Crippen LogP) is 2.71. The van der Waals surface area contributed by atoms with Gasteiger partial charge in [0.1, 0.15) is 12.0 Å². The Labute approximate surface area is 89.1 Å². The first-order valence-corrected chi connectivity index (χ1v) is 6.29. The summed E-state index contributed by atoms with van der Waals surface area (Å²) in [5.41, 5.74) is 0. The molecular weight excluding hydrogens is 221 g/mol. The van der Waals surface area contributed by atoms with Gasteiger partial charge in [-0.05, 0) is 30.3 Å². The highest BCUT2D eigenvalue weighted by Crippen LogP contribution is 2.38. The number of aldehydes is 1. The van der Waals surface area contributed by atoms with Crippen LogP contribution in [-0.4, -0.2) is 12.3 Å². The van der Waals surface area contributed by atoms with E-state index in [9.17, 15) is 4.79 Å². The molecule has 1 rings (SSSR count). The lowest BCUT2D eigenvalue weighted by Gasteiger charge is -2.13. The van der Waals surface area contributed by atoms with E-state index >= 15 is 0 Å². The molecule has 76 valence electrons. The van der Waals surface area contributed by atoms with Crippen molar-refractivity contribution in [2.24, 2.45) is 0 Å². The number of para-hydroxylation sites is 1. The number of rotatable bonds is 5. The molecule has 1 unspecified atom stereocenters. The van der Waals surface area contributed by atoms with Crippen molar-refractivity contribution in [3.05, 3.63) is 30.3 Å². The molecule has 1 aromatic rings. The van der Waals surface area contributed by atoms with Gasteiger partial charge < -0.3 is 9.32 Å². The van der Waals surface area contributed by atoms with E-state index in [0.29, 0.717) is 5.75 Å². The average Bonchev–Trinajstić information content (AvgIpc) is 2.19. The number of halogens is 1. The Kier molecular flexibility index (Phi) is 4.88. The molecule has 0 aliphatic carbocycles. The highest BCUT2D eigenvalue weighted by Gasteiger charge is 2.10. The maximum atomic E-state index is 10.3. The van der Waals surface area contributed by atoms with Crippen molar-refractivity contribution in [1.29, 1.82) is 0 Å². The Bertz CT molecular complexity index is 283. The summed E-state index contributed by atoms with van der Waals surface area (Å²) in [6, 6.07) is 8.94. The van der Waals surface area contributed by atoms with Crippen molar-refractivity contribution in [2.45, 2.75) is 13.0 Å². The summed E-state index contributed by atoms with van der Waals surface area (Å²) in [4.78, 5) is 10.3. The number of benzene rings is 1. The second-order valence-corrected chi connectivity index (χ2v) is 4.55. The third-order valence-corrected chi connectivity index (χ3v) is 2.92. The number of hydrogen-bond donors (Lipinski definition) is 1. The largest absolute Gasteiger partial charge is 0.445 e. The predicted molar refractivity (Wildman–Crippen MR) is 58.5 cm³/mol. The molecule has 5 heteroatoms. The van der Waals surface area contributed by atoms with Crippen molar-refractivity contribution in [2.75, 3.05) is 0 Å². The molecule has 0 bridgehead atoms. The van der Waals surface area contributed by atoms with Crippen molar-refractivity contribution >= 4 is 25.2 Å². The monoisotopic (exact) mass is 231 g/mol. The summed E-state index contributed by atoms with van der Waals surface area (Å²) in [5, 5.41) is 2.82. The van der Waals surface area contributed by atoms with Crippen molar-refractivity contribution in [3.63, 3.8) is 0 Å². The minimum atomic E-state index is -1.31. The van der Waals surface area contributed by atoms with Gasteiger partial charge in [-0.25, -0.2) is 5.09 Å². The fraction of sp³-hybridized carbons (Fsp3) is 0.222. The molecule has 0 fully saturated rings. The normalized spacial score (nSPS) is 14.4. The summed E-state index contributed by atoms with van der Waals surface area (Å²) in [5.74, 6) is 0.694. The van der Waals surface area contributed by atoms with Crippen LogP contribution in [0, 0.1) is 0 Å². The maximum Gasteiger partial charge on any atom is 0.264 e. The molecule has 0 saturated heterocycles. The van der Waals surface area contributed by atoms with Crippen molar-refractivity contribution in [1.82, 2.24) is 5.09 Å². The van der Waals surface area contributed by atoms with Gasteiger partial charge >= 0.3 is 0 Å². The third kappa shape index (κ3) is 4.05. The average molecular weight is 232 g/mol. The zero-order valence-corrected chi connectivity index (χ0v) is 9.33. The maximum absolute atomic E-state index is 10.3. The fourth-order valence-corrected chi connectivity index (χ4v) is 2.23. The Morgan fingerprint density at radius 1 is 1.50 bits per heavy atom. The topological polar surface area (TPSA) is 38.3 Å². The molecular formula is C9H11ClNO2P. The van der Waals surface area contributed by atoms with Gasteiger partial charge in [0.05, 0.1) is 6.04 Å². The zero-order chi connectivity index (χ0) is 10.4. The minimum Gasteiger partial charge on any atom is -0.445 e. The Morgan fingerprint density at radius 3 is 2.71 bits per heavy atom. The zero-order valence-electron chi connectivity index (χ0n) is 7.68. The van der Waals surface area contributed by atoms with Gasteiger partial charge in [0.25, 0.3) is 7.65 Å². The van der Waals surface area contributed by atoms with Crippen LogP contribution in [-0.2, 0) is 4.79 Å². The van der Waals surface area contributed by atoms with E-state index in [2.05, 4.69) is 5.09 Å². The quantitative estimate of drug-likeness (QED) is 0.626. The first-order chi connectivity index (χ1) is 6.72. The first-order valence-electron chi connectivity index (χ1n) is 4.13. The highest BCUT2D eigenvalue weighted by molar-refractivity contribution is 7.78. The number of carbonyl (C=O) groups is 1. The molecule has 0 aromatic heterocycles. The van der Waals surface area contributed by atoms with Crippen molar-refractivity contribution < 1.29 is 9.32 Å². The molecule has 0 heterocycles. The van der Waals surface area contributed by atoms with E-state index < -0.39 is 7.65 Å². The van der Waals surface area contributed by atoms with Crippen LogP contribution in [0.1, 0.15) is 6.92 Å². The van der Waals surface area contributed by atoms with Crippen LogP contribution in [0.5, 0.6) is 5.75 Å². The second kappa shape index (κ2) is 5.97. The van der Waals surface area contributed by atoms with E-state index in [4.69, 9.17) is 15.8 Å². The van der Waals surface area contributed by atoms with E-state index in [-0.39, 0.29) is 6.04 Å². The lowest BCUT2D eigenvalue weighted by Crippen LogP contribution is -2.22. The lowest BCUT2D eigenvalue weighted by atomic mass is 10.3. The molecule has 3 nitrogen and oxygen atoms in total. The van der Waals surface area contributed by atoms with E-state index in [1.54, 1.807) is 6.92 Å². The minimum absolute atomic E-state index is 0.290. The third-order valence-electron chi connectivity index (χ3n) is 1.44. The van der Waals surface area contributed by atoms with E-state index in [0.717, 1.165) is 6.29 Å². The van der Waals surface area contributed by atoms with E-state index in [1.165, 1.54) is 0 Å². The summed E-state index contributed by atoms with van der Waals surface area (Å²) >= 11 is 5.86. The molecule has 0 aliphatic rings. The van der Waals surface area contributed by atoms with Gasteiger partial charge in [-0.3, -0.25) is 0 Å². The van der Waals surface area contributed by atoms with Gasteiger partial charge in [-0.15, -0.1) is 0 Å². The molecule has 2 atom stereocenters. The van der Waals surface area contributed by atoms with Crippen LogP contribution in [0.2, 0.25) is 0 Å². The summed E-state index contributed by atoms with van der Waals surface area (Å²) in [6.45, 7) is 1.72.